The summed E-state index contributed by atoms with van der Waals surface area (Å²) >= 11 is 0.356. The molecular weight excluding hydrogens is 275 g/mol. The second-order valence-corrected chi connectivity index (χ2v) is 6.71. The quantitative estimate of drug-likeness (QED) is 0.332. The number of halogens is 1. The summed E-state index contributed by atoms with van der Waals surface area (Å²) in [5, 5.41) is 0. The molecule has 2 aliphatic heterocycles. The van der Waals surface area contributed by atoms with Gasteiger partial charge in [-0.2, -0.15) is 0 Å². The summed E-state index contributed by atoms with van der Waals surface area (Å²) in [5.74, 6) is 0. The Hall–Kier alpha value is 0.650. The normalized spacial score (nSPS) is 36.8. The molecular formula is C10H20IN2-. The first-order valence-corrected chi connectivity index (χ1v) is 8.37. The van der Waals surface area contributed by atoms with Crippen molar-refractivity contribution in [2.24, 2.45) is 5.41 Å². The van der Waals surface area contributed by atoms with Gasteiger partial charge in [0.2, 0.25) is 0 Å². The molecule has 0 radical (unpaired) electrons. The molecule has 0 N–H and O–H groups in total. The monoisotopic (exact) mass is 295 g/mol. The van der Waals surface area contributed by atoms with E-state index in [1.165, 1.54) is 45.6 Å². The number of hydrogen-bond donors (Lipinski definition) is 0. The average Bonchev–Trinajstić information content (AvgIpc) is 2.74. The van der Waals surface area contributed by atoms with E-state index in [4.69, 9.17) is 0 Å². The minimum absolute atomic E-state index is 0.356. The molecule has 0 bridgehead atoms. The van der Waals surface area contributed by atoms with Gasteiger partial charge in [0.15, 0.2) is 0 Å². The van der Waals surface area contributed by atoms with Crippen molar-refractivity contribution in [3.05, 3.63) is 0 Å². The summed E-state index contributed by atoms with van der Waals surface area (Å²) < 4.78 is 2.72. The molecule has 78 valence electrons. The Bertz CT molecular complexity index is 164. The van der Waals surface area contributed by atoms with Gasteiger partial charge in [0.25, 0.3) is 0 Å². The summed E-state index contributed by atoms with van der Waals surface area (Å²) in [7, 11) is 0. The molecule has 2 nitrogen and oxygen atoms in total. The Labute approximate surface area is 92.3 Å². The Balaban J connectivity index is 1.93. The van der Waals surface area contributed by atoms with Gasteiger partial charge < -0.3 is 0 Å². The van der Waals surface area contributed by atoms with E-state index in [2.05, 4.69) is 19.9 Å². The van der Waals surface area contributed by atoms with E-state index in [1.807, 2.05) is 0 Å². The predicted octanol–water partition coefficient (Wildman–Crippen LogP) is -1.96. The Morgan fingerprint density at radius 1 is 1.23 bits per heavy atom. The zero-order chi connectivity index (χ0) is 9.31. The van der Waals surface area contributed by atoms with Crippen LogP contribution in [0.2, 0.25) is 0 Å². The van der Waals surface area contributed by atoms with Crippen molar-refractivity contribution in [1.82, 2.24) is 8.01 Å². The van der Waals surface area contributed by atoms with Crippen LogP contribution in [-0.4, -0.2) is 45.7 Å². The Kier molecular flexibility index (Phi) is 3.15. The van der Waals surface area contributed by atoms with Crippen LogP contribution >= 0.6 is 0 Å². The second kappa shape index (κ2) is 4.03. The summed E-state index contributed by atoms with van der Waals surface area (Å²) in [4.78, 5) is 5.02. The third-order valence-electron chi connectivity index (χ3n) is 3.60. The maximum absolute atomic E-state index is 2.72. The average molecular weight is 295 g/mol. The van der Waals surface area contributed by atoms with Gasteiger partial charge in [0.1, 0.15) is 0 Å². The first-order valence-electron chi connectivity index (χ1n) is 5.25. The fraction of sp³-hybridized carbons (Fsp3) is 1.00. The van der Waals surface area contributed by atoms with Crippen LogP contribution in [0.25, 0.3) is 0 Å². The van der Waals surface area contributed by atoms with Gasteiger partial charge in [-0.3, -0.25) is 0 Å². The zero-order valence-electron chi connectivity index (χ0n) is 8.72. The van der Waals surface area contributed by atoms with Crippen molar-refractivity contribution in [3.8, 4) is 0 Å². The fourth-order valence-corrected chi connectivity index (χ4v) is 4.44. The Morgan fingerprint density at radius 2 is 2.00 bits per heavy atom. The van der Waals surface area contributed by atoms with Gasteiger partial charge >= 0.3 is 92.3 Å². The molecule has 2 rings (SSSR count). The van der Waals surface area contributed by atoms with E-state index in [-0.39, 0.29) is 0 Å². The number of hydrogen-bond acceptors (Lipinski definition) is 2. The van der Waals surface area contributed by atoms with Crippen LogP contribution < -0.4 is 21.5 Å². The number of nitrogens with zero attached hydrogens (tertiary/aromatic N) is 2. The van der Waals surface area contributed by atoms with Crippen LogP contribution in [0.15, 0.2) is 0 Å². The van der Waals surface area contributed by atoms with Crippen molar-refractivity contribution in [1.29, 1.82) is 0 Å². The van der Waals surface area contributed by atoms with Crippen molar-refractivity contribution in [3.63, 3.8) is 0 Å². The van der Waals surface area contributed by atoms with E-state index < -0.39 is 0 Å². The third-order valence-corrected chi connectivity index (χ3v) is 5.78. The molecule has 2 aliphatic rings. The number of alkyl halides is 1. The van der Waals surface area contributed by atoms with Gasteiger partial charge in [-0.25, -0.2) is 0 Å². The maximum atomic E-state index is 2.72. The van der Waals surface area contributed by atoms with Gasteiger partial charge in [-0.1, -0.05) is 0 Å². The molecule has 2 fully saturated rings. The molecule has 3 heteroatoms. The second-order valence-electron chi connectivity index (χ2n) is 4.38. The summed E-state index contributed by atoms with van der Waals surface area (Å²) in [6.07, 6.45) is 2.93. The van der Waals surface area contributed by atoms with Gasteiger partial charge in [-0.15, -0.1) is 0 Å². The molecule has 0 aliphatic carbocycles. The van der Waals surface area contributed by atoms with Crippen molar-refractivity contribution >= 4 is 0 Å². The SMILES string of the molecule is CCN1CCC2(CCN([I-]C)C2)C1. The molecule has 1 unspecified atom stereocenters. The molecule has 1 atom stereocenters. The number of likely N-dealkylation sites (tertiary alicyclic amines) is 1. The van der Waals surface area contributed by atoms with Crippen molar-refractivity contribution in [2.45, 2.75) is 19.8 Å². The molecule has 0 aromatic rings. The summed E-state index contributed by atoms with van der Waals surface area (Å²) in [6, 6.07) is 0. The van der Waals surface area contributed by atoms with Crippen LogP contribution in [0.3, 0.4) is 0 Å². The third kappa shape index (κ3) is 2.02. The minimum atomic E-state index is 0.356. The van der Waals surface area contributed by atoms with Crippen LogP contribution in [0.5, 0.6) is 0 Å². The summed E-state index contributed by atoms with van der Waals surface area (Å²) in [5.41, 5.74) is 0.714. The standard InChI is InChI=1S/C10H20IN2/c1-3-12-6-4-10(8-12)5-7-13(9-10)11-2/h3-9H2,1-2H3/q-1. The molecule has 0 aromatic carbocycles. The zero-order valence-corrected chi connectivity index (χ0v) is 10.9. The predicted molar refractivity (Wildman–Crippen MR) is 51.3 cm³/mol. The summed E-state index contributed by atoms with van der Waals surface area (Å²) in [6.45, 7) is 9.08. The van der Waals surface area contributed by atoms with Gasteiger partial charge in [0.05, 0.1) is 0 Å². The van der Waals surface area contributed by atoms with E-state index in [9.17, 15) is 0 Å². The van der Waals surface area contributed by atoms with E-state index >= 15 is 0 Å². The molecule has 2 saturated heterocycles. The van der Waals surface area contributed by atoms with Crippen molar-refractivity contribution in [2.75, 3.05) is 37.7 Å². The molecule has 13 heavy (non-hydrogen) atoms. The first kappa shape index (κ1) is 10.2. The van der Waals surface area contributed by atoms with Gasteiger partial charge in [-0.05, 0) is 0 Å². The van der Waals surface area contributed by atoms with Crippen LogP contribution in [-0.2, 0) is 0 Å². The number of rotatable bonds is 2. The van der Waals surface area contributed by atoms with Crippen LogP contribution in [0.1, 0.15) is 19.8 Å². The van der Waals surface area contributed by atoms with E-state index in [0.29, 0.717) is 26.9 Å². The van der Waals surface area contributed by atoms with Crippen molar-refractivity contribution < 1.29 is 21.5 Å². The molecule has 0 aromatic heterocycles. The molecule has 2 heterocycles. The topological polar surface area (TPSA) is 6.48 Å². The molecule has 0 saturated carbocycles. The van der Waals surface area contributed by atoms with E-state index in [0.717, 1.165) is 0 Å². The first-order chi connectivity index (χ1) is 6.28. The van der Waals surface area contributed by atoms with E-state index in [1.54, 1.807) is 0 Å². The van der Waals surface area contributed by atoms with Crippen LogP contribution in [0.4, 0.5) is 0 Å². The molecule has 1 spiro atoms. The fourth-order valence-electron chi connectivity index (χ4n) is 2.66. The van der Waals surface area contributed by atoms with Crippen LogP contribution in [0, 0.1) is 5.41 Å². The Morgan fingerprint density at radius 3 is 2.54 bits per heavy atom. The van der Waals surface area contributed by atoms with Gasteiger partial charge in [0, 0.05) is 0 Å². The molecule has 0 amide bonds.